The lowest BCUT2D eigenvalue weighted by atomic mass is 10.0. The number of hydrogen-bond acceptors (Lipinski definition) is 5. The number of sulfonamides is 1. The highest BCUT2D eigenvalue weighted by Crippen LogP contribution is 2.24. The van der Waals surface area contributed by atoms with Gasteiger partial charge in [0.2, 0.25) is 21.8 Å². The van der Waals surface area contributed by atoms with Crippen LogP contribution in [0.1, 0.15) is 36.1 Å². The average Bonchev–Trinajstić information content (AvgIpc) is 3.01. The molecule has 0 aliphatic heterocycles. The van der Waals surface area contributed by atoms with E-state index >= 15 is 0 Å². The first-order valence-corrected chi connectivity index (χ1v) is 16.8. The van der Waals surface area contributed by atoms with Gasteiger partial charge in [-0.2, -0.15) is 0 Å². The van der Waals surface area contributed by atoms with Crippen molar-refractivity contribution in [2.24, 2.45) is 0 Å². The Hall–Kier alpha value is -4.63. The number of aryl methyl sites for hydroxylation is 1. The van der Waals surface area contributed by atoms with Gasteiger partial charge in [0.15, 0.2) is 0 Å². The smallest absolute Gasteiger partial charge is 0.244 e. The molecule has 4 aromatic rings. The van der Waals surface area contributed by atoms with E-state index in [2.05, 4.69) is 5.32 Å². The van der Waals surface area contributed by atoms with Gasteiger partial charge in [-0.3, -0.25) is 13.9 Å². The van der Waals surface area contributed by atoms with Crippen molar-refractivity contribution in [3.8, 4) is 5.75 Å². The monoisotopic (exact) mass is 627 g/mol. The third-order valence-electron chi connectivity index (χ3n) is 7.19. The van der Waals surface area contributed by atoms with Crippen LogP contribution in [0.4, 0.5) is 5.69 Å². The van der Waals surface area contributed by atoms with Gasteiger partial charge in [0.05, 0.1) is 11.9 Å². The van der Waals surface area contributed by atoms with Crippen molar-refractivity contribution < 1.29 is 22.7 Å². The van der Waals surface area contributed by atoms with Gasteiger partial charge in [-0.25, -0.2) is 8.42 Å². The van der Waals surface area contributed by atoms with E-state index in [0.717, 1.165) is 32.8 Å². The van der Waals surface area contributed by atoms with E-state index in [1.54, 1.807) is 24.3 Å². The van der Waals surface area contributed by atoms with E-state index in [-0.39, 0.29) is 24.9 Å². The summed E-state index contributed by atoms with van der Waals surface area (Å²) in [5.41, 5.74) is 4.06. The Labute approximate surface area is 266 Å². The molecular weight excluding hydrogens is 586 g/mol. The lowest BCUT2D eigenvalue weighted by Gasteiger charge is -2.34. The molecule has 0 saturated heterocycles. The van der Waals surface area contributed by atoms with Crippen LogP contribution >= 0.6 is 0 Å². The number of amides is 2. The normalized spacial score (nSPS) is 11.9. The Kier molecular flexibility index (Phi) is 11.4. The number of rotatable bonds is 14. The molecule has 0 aliphatic rings. The minimum atomic E-state index is -3.87. The van der Waals surface area contributed by atoms with Crippen LogP contribution in [0, 0.1) is 6.92 Å². The van der Waals surface area contributed by atoms with Crippen LogP contribution in [0.3, 0.4) is 0 Å². The molecule has 2 amide bonds. The Morgan fingerprint density at radius 1 is 0.800 bits per heavy atom. The molecule has 8 nitrogen and oxygen atoms in total. The number of carbonyl (C=O) groups is 2. The fourth-order valence-electron chi connectivity index (χ4n) is 5.01. The Morgan fingerprint density at radius 2 is 1.40 bits per heavy atom. The maximum Gasteiger partial charge on any atom is 0.244 e. The van der Waals surface area contributed by atoms with E-state index < -0.39 is 28.5 Å². The number of anilines is 1. The number of ether oxygens (including phenoxy) is 1. The zero-order valence-electron chi connectivity index (χ0n) is 26.2. The van der Waals surface area contributed by atoms with Gasteiger partial charge >= 0.3 is 0 Å². The fraction of sp³-hybridized carbons (Fsp3) is 0.278. The molecule has 236 valence electrons. The molecule has 1 atom stereocenters. The van der Waals surface area contributed by atoms with Gasteiger partial charge in [0.25, 0.3) is 0 Å². The molecule has 1 unspecified atom stereocenters. The van der Waals surface area contributed by atoms with Gasteiger partial charge in [-0.1, -0.05) is 90.5 Å². The fourth-order valence-corrected chi connectivity index (χ4v) is 5.85. The standard InChI is InChI=1S/C36H41N3O5S/c1-27(2)37-36(41)34(23-29-13-7-5-8-14-29)38(24-31-17-11-12-28(3)22-31)35(40)25-39(45(4,42)43)32-18-20-33(21-19-32)44-26-30-15-9-6-10-16-30/h5-22,27,34H,23-26H2,1-4H3,(H,37,41). The first kappa shape index (κ1) is 33.3. The highest BCUT2D eigenvalue weighted by atomic mass is 32.2. The summed E-state index contributed by atoms with van der Waals surface area (Å²) in [6.07, 6.45) is 1.33. The summed E-state index contributed by atoms with van der Waals surface area (Å²) in [5, 5.41) is 2.96. The van der Waals surface area contributed by atoms with E-state index in [1.165, 1.54) is 4.90 Å². The van der Waals surface area contributed by atoms with Crippen LogP contribution in [-0.2, 0) is 39.2 Å². The quantitative estimate of drug-likeness (QED) is 0.199. The van der Waals surface area contributed by atoms with Gasteiger partial charge in [-0.05, 0) is 61.7 Å². The van der Waals surface area contributed by atoms with Crippen LogP contribution < -0.4 is 14.4 Å². The van der Waals surface area contributed by atoms with Gasteiger partial charge in [0, 0.05) is 19.0 Å². The Morgan fingerprint density at radius 3 is 1.98 bits per heavy atom. The van der Waals surface area contributed by atoms with Gasteiger partial charge in [0.1, 0.15) is 24.9 Å². The molecule has 9 heteroatoms. The maximum atomic E-state index is 14.2. The lowest BCUT2D eigenvalue weighted by molar-refractivity contribution is -0.140. The van der Waals surface area contributed by atoms with E-state index in [9.17, 15) is 18.0 Å². The highest BCUT2D eigenvalue weighted by molar-refractivity contribution is 7.92. The van der Waals surface area contributed by atoms with Crippen LogP contribution in [0.15, 0.2) is 109 Å². The van der Waals surface area contributed by atoms with Crippen LogP contribution in [0.2, 0.25) is 0 Å². The second-order valence-electron chi connectivity index (χ2n) is 11.4. The molecule has 0 fully saturated rings. The second kappa shape index (κ2) is 15.4. The van der Waals surface area contributed by atoms with Gasteiger partial charge < -0.3 is 15.0 Å². The first-order valence-electron chi connectivity index (χ1n) is 14.9. The molecule has 4 rings (SSSR count). The van der Waals surface area contributed by atoms with Crippen molar-refractivity contribution in [3.63, 3.8) is 0 Å². The van der Waals surface area contributed by atoms with Crippen LogP contribution in [0.25, 0.3) is 0 Å². The van der Waals surface area contributed by atoms with Crippen LogP contribution in [-0.4, -0.2) is 50.0 Å². The lowest BCUT2D eigenvalue weighted by Crippen LogP contribution is -2.54. The van der Waals surface area contributed by atoms with Crippen molar-refractivity contribution in [1.82, 2.24) is 10.2 Å². The second-order valence-corrected chi connectivity index (χ2v) is 13.3. The van der Waals surface area contributed by atoms with Crippen LogP contribution in [0.5, 0.6) is 5.75 Å². The molecule has 4 aromatic carbocycles. The molecule has 0 aliphatic carbocycles. The zero-order chi connectivity index (χ0) is 32.4. The molecule has 1 N–H and O–H groups in total. The third-order valence-corrected chi connectivity index (χ3v) is 8.33. The van der Waals surface area contributed by atoms with Crippen molar-refractivity contribution >= 4 is 27.5 Å². The largest absolute Gasteiger partial charge is 0.489 e. The molecule has 0 heterocycles. The highest BCUT2D eigenvalue weighted by Gasteiger charge is 2.33. The SMILES string of the molecule is Cc1cccc(CN(C(=O)CN(c2ccc(OCc3ccccc3)cc2)S(C)(=O)=O)C(Cc2ccccc2)C(=O)NC(C)C)c1. The molecule has 0 aromatic heterocycles. The van der Waals surface area contributed by atoms with Crippen molar-refractivity contribution in [3.05, 3.63) is 131 Å². The predicted octanol–water partition coefficient (Wildman–Crippen LogP) is 5.50. The molecule has 0 bridgehead atoms. The summed E-state index contributed by atoms with van der Waals surface area (Å²) in [4.78, 5) is 29.4. The van der Waals surface area contributed by atoms with Crippen molar-refractivity contribution in [2.75, 3.05) is 17.1 Å². The summed E-state index contributed by atoms with van der Waals surface area (Å²) < 4.78 is 33.1. The van der Waals surface area contributed by atoms with Crippen molar-refractivity contribution in [1.29, 1.82) is 0 Å². The molecule has 0 radical (unpaired) electrons. The zero-order valence-corrected chi connectivity index (χ0v) is 27.0. The Balaban J connectivity index is 1.64. The molecular formula is C36H41N3O5S. The first-order chi connectivity index (χ1) is 21.5. The van der Waals surface area contributed by atoms with E-state index in [1.807, 2.05) is 106 Å². The summed E-state index contributed by atoms with van der Waals surface area (Å²) in [7, 11) is -3.87. The summed E-state index contributed by atoms with van der Waals surface area (Å²) in [5.74, 6) is -0.233. The van der Waals surface area contributed by atoms with E-state index in [0.29, 0.717) is 18.0 Å². The molecule has 45 heavy (non-hydrogen) atoms. The summed E-state index contributed by atoms with van der Waals surface area (Å²) in [6.45, 7) is 5.71. The number of hydrogen-bond donors (Lipinski definition) is 1. The van der Waals surface area contributed by atoms with E-state index in [4.69, 9.17) is 4.74 Å². The third kappa shape index (κ3) is 9.94. The Bertz CT molecular complexity index is 1660. The maximum absolute atomic E-state index is 14.2. The molecule has 0 saturated carbocycles. The van der Waals surface area contributed by atoms with Gasteiger partial charge in [-0.15, -0.1) is 0 Å². The van der Waals surface area contributed by atoms with Crippen molar-refractivity contribution in [2.45, 2.75) is 52.4 Å². The minimum Gasteiger partial charge on any atom is -0.489 e. The number of nitrogens with one attached hydrogen (secondary N) is 1. The molecule has 0 spiro atoms. The number of benzene rings is 4. The number of nitrogens with zero attached hydrogens (tertiary/aromatic N) is 2. The summed E-state index contributed by atoms with van der Waals surface area (Å²) in [6, 6.07) is 32.5. The summed E-state index contributed by atoms with van der Waals surface area (Å²) >= 11 is 0. The predicted molar refractivity (Wildman–Crippen MR) is 178 cm³/mol. The topological polar surface area (TPSA) is 96.0 Å². The number of carbonyl (C=O) groups excluding carboxylic acids is 2. The average molecular weight is 628 g/mol. The minimum absolute atomic E-state index is 0.132.